The van der Waals surface area contributed by atoms with Gasteiger partial charge in [-0.3, -0.25) is 0 Å². The standard InChI is InChI=1S/C18H24O3Si/c1-18(2,13-19)11-10-15-16(12-21-17(15)20)22(3,4)14-8-6-5-7-9-14/h5-10,13,16H,11-12H2,1-4H3/b15-10+/t16-/m0/s1. The maximum absolute atomic E-state index is 12.1. The lowest BCUT2D eigenvalue weighted by Crippen LogP contribution is -2.46. The Morgan fingerprint density at radius 2 is 1.91 bits per heavy atom. The molecule has 0 bridgehead atoms. The third-order valence-electron chi connectivity index (χ3n) is 4.55. The van der Waals surface area contributed by atoms with Gasteiger partial charge in [0.1, 0.15) is 6.29 Å². The van der Waals surface area contributed by atoms with E-state index in [0.29, 0.717) is 13.0 Å². The fourth-order valence-electron chi connectivity index (χ4n) is 2.79. The molecule has 1 aromatic carbocycles. The van der Waals surface area contributed by atoms with E-state index in [2.05, 4.69) is 25.2 Å². The second-order valence-electron chi connectivity index (χ2n) is 7.21. The van der Waals surface area contributed by atoms with Crippen molar-refractivity contribution >= 4 is 25.5 Å². The Labute approximate surface area is 133 Å². The number of hydrogen-bond donors (Lipinski definition) is 0. The summed E-state index contributed by atoms with van der Waals surface area (Å²) in [6.07, 6.45) is 3.43. The van der Waals surface area contributed by atoms with Crippen LogP contribution in [0.3, 0.4) is 0 Å². The molecule has 0 unspecified atom stereocenters. The summed E-state index contributed by atoms with van der Waals surface area (Å²) in [5.41, 5.74) is 0.457. The van der Waals surface area contributed by atoms with E-state index in [9.17, 15) is 9.59 Å². The van der Waals surface area contributed by atoms with Gasteiger partial charge in [-0.15, -0.1) is 0 Å². The van der Waals surface area contributed by atoms with Gasteiger partial charge in [-0.2, -0.15) is 0 Å². The summed E-state index contributed by atoms with van der Waals surface area (Å²) >= 11 is 0. The lowest BCUT2D eigenvalue weighted by Gasteiger charge is -2.29. The van der Waals surface area contributed by atoms with Crippen molar-refractivity contribution in [3.63, 3.8) is 0 Å². The molecule has 3 nitrogen and oxygen atoms in total. The SMILES string of the molecule is CC(C)(C=O)C/C=C1/C(=O)OC[C@@H]1[Si](C)(C)c1ccccc1. The molecule has 4 heteroatoms. The van der Waals surface area contributed by atoms with E-state index in [1.54, 1.807) is 0 Å². The van der Waals surface area contributed by atoms with E-state index in [4.69, 9.17) is 4.74 Å². The lowest BCUT2D eigenvalue weighted by molar-refractivity contribution is -0.135. The lowest BCUT2D eigenvalue weighted by atomic mass is 9.90. The minimum Gasteiger partial charge on any atom is -0.462 e. The molecule has 0 radical (unpaired) electrons. The normalized spacial score (nSPS) is 21.0. The number of rotatable bonds is 5. The fourth-order valence-corrected chi connectivity index (χ4v) is 5.75. The summed E-state index contributed by atoms with van der Waals surface area (Å²) in [5, 5.41) is 1.32. The Hall–Kier alpha value is -1.68. The number of carbonyl (C=O) groups is 2. The second kappa shape index (κ2) is 6.21. The van der Waals surface area contributed by atoms with Gasteiger partial charge in [0.25, 0.3) is 0 Å². The Bertz CT molecular complexity index is 588. The van der Waals surface area contributed by atoms with Crippen molar-refractivity contribution in [2.24, 2.45) is 5.41 Å². The van der Waals surface area contributed by atoms with Gasteiger partial charge >= 0.3 is 5.97 Å². The molecule has 0 spiro atoms. The molecule has 0 N–H and O–H groups in total. The van der Waals surface area contributed by atoms with Crippen LogP contribution in [0.15, 0.2) is 42.0 Å². The van der Waals surface area contributed by atoms with Gasteiger partial charge in [-0.25, -0.2) is 4.79 Å². The summed E-state index contributed by atoms with van der Waals surface area (Å²) in [6.45, 7) is 8.76. The number of ether oxygens (including phenoxy) is 1. The van der Waals surface area contributed by atoms with Gasteiger partial charge in [0.05, 0.1) is 14.7 Å². The van der Waals surface area contributed by atoms with E-state index < -0.39 is 13.5 Å². The van der Waals surface area contributed by atoms with E-state index in [1.807, 2.05) is 38.1 Å². The Kier molecular flexibility index (Phi) is 4.71. The highest BCUT2D eigenvalue weighted by molar-refractivity contribution is 6.92. The van der Waals surface area contributed by atoms with Gasteiger partial charge in [0, 0.05) is 16.5 Å². The molecule has 1 saturated heterocycles. The molecule has 118 valence electrons. The molecule has 1 aliphatic rings. The molecule has 1 atom stereocenters. The van der Waals surface area contributed by atoms with Crippen molar-refractivity contribution in [1.82, 2.24) is 0 Å². The molecule has 2 rings (SSSR count). The zero-order valence-electron chi connectivity index (χ0n) is 13.8. The Morgan fingerprint density at radius 3 is 2.50 bits per heavy atom. The fraction of sp³-hybridized carbons (Fsp3) is 0.444. The maximum Gasteiger partial charge on any atom is 0.333 e. The summed E-state index contributed by atoms with van der Waals surface area (Å²) in [5.74, 6) is -0.219. The second-order valence-corrected chi connectivity index (χ2v) is 11.9. The van der Waals surface area contributed by atoms with Crippen LogP contribution >= 0.6 is 0 Å². The van der Waals surface area contributed by atoms with Crippen LogP contribution in [0.1, 0.15) is 20.3 Å². The highest BCUT2D eigenvalue weighted by atomic mass is 28.3. The van der Waals surface area contributed by atoms with Gasteiger partial charge in [0.2, 0.25) is 0 Å². The van der Waals surface area contributed by atoms with Crippen molar-refractivity contribution < 1.29 is 14.3 Å². The number of esters is 1. The molecule has 0 aliphatic carbocycles. The average molecular weight is 316 g/mol. The van der Waals surface area contributed by atoms with Crippen LogP contribution in [0, 0.1) is 5.41 Å². The summed E-state index contributed by atoms with van der Waals surface area (Å²) < 4.78 is 5.32. The minimum atomic E-state index is -1.86. The van der Waals surface area contributed by atoms with Crippen molar-refractivity contribution in [3.05, 3.63) is 42.0 Å². The molecular formula is C18H24O3Si. The minimum absolute atomic E-state index is 0.143. The first kappa shape index (κ1) is 16.7. The Morgan fingerprint density at radius 1 is 1.27 bits per heavy atom. The van der Waals surface area contributed by atoms with Gasteiger partial charge < -0.3 is 9.53 Å². The van der Waals surface area contributed by atoms with Crippen LogP contribution in [-0.4, -0.2) is 26.9 Å². The number of cyclic esters (lactones) is 1. The van der Waals surface area contributed by atoms with Crippen LogP contribution in [0.25, 0.3) is 0 Å². The van der Waals surface area contributed by atoms with Gasteiger partial charge in [-0.05, 0) is 6.42 Å². The van der Waals surface area contributed by atoms with E-state index in [1.165, 1.54) is 5.19 Å². The Balaban J connectivity index is 2.31. The molecule has 0 saturated carbocycles. The molecule has 1 aliphatic heterocycles. The zero-order valence-corrected chi connectivity index (χ0v) is 14.8. The van der Waals surface area contributed by atoms with Crippen LogP contribution < -0.4 is 5.19 Å². The maximum atomic E-state index is 12.1. The predicted octanol–water partition coefficient (Wildman–Crippen LogP) is 3.07. The summed E-state index contributed by atoms with van der Waals surface area (Å²) in [4.78, 5) is 23.2. The van der Waals surface area contributed by atoms with Gasteiger partial charge in [0.15, 0.2) is 0 Å². The van der Waals surface area contributed by atoms with E-state index in [0.717, 1.165) is 11.9 Å². The van der Waals surface area contributed by atoms with Crippen LogP contribution in [0.2, 0.25) is 18.6 Å². The number of aldehydes is 1. The number of allylic oxidation sites excluding steroid dienone is 1. The number of benzene rings is 1. The third-order valence-corrected chi connectivity index (χ3v) is 8.59. The van der Waals surface area contributed by atoms with E-state index in [-0.39, 0.29) is 11.5 Å². The summed E-state index contributed by atoms with van der Waals surface area (Å²) in [7, 11) is -1.86. The predicted molar refractivity (Wildman–Crippen MR) is 90.8 cm³/mol. The van der Waals surface area contributed by atoms with Crippen LogP contribution in [0.4, 0.5) is 0 Å². The van der Waals surface area contributed by atoms with Crippen molar-refractivity contribution in [1.29, 1.82) is 0 Å². The smallest absolute Gasteiger partial charge is 0.333 e. The van der Waals surface area contributed by atoms with Crippen molar-refractivity contribution in [2.45, 2.75) is 38.9 Å². The molecule has 1 heterocycles. The average Bonchev–Trinajstić information content (AvgIpc) is 2.88. The highest BCUT2D eigenvalue weighted by Gasteiger charge is 2.43. The first-order valence-electron chi connectivity index (χ1n) is 7.67. The van der Waals surface area contributed by atoms with Crippen LogP contribution in [0.5, 0.6) is 0 Å². The van der Waals surface area contributed by atoms with Crippen molar-refractivity contribution in [3.8, 4) is 0 Å². The molecule has 22 heavy (non-hydrogen) atoms. The first-order chi connectivity index (χ1) is 10.3. The number of carbonyl (C=O) groups excluding carboxylic acids is 2. The molecule has 0 amide bonds. The monoisotopic (exact) mass is 316 g/mol. The van der Waals surface area contributed by atoms with Crippen LogP contribution in [-0.2, 0) is 14.3 Å². The third kappa shape index (κ3) is 3.38. The first-order valence-corrected chi connectivity index (χ1v) is 10.7. The molecule has 1 aromatic rings. The van der Waals surface area contributed by atoms with Gasteiger partial charge in [-0.1, -0.05) is 68.5 Å². The zero-order chi connectivity index (χ0) is 16.4. The largest absolute Gasteiger partial charge is 0.462 e. The molecular weight excluding hydrogens is 292 g/mol. The molecule has 1 fully saturated rings. The van der Waals surface area contributed by atoms with Crippen molar-refractivity contribution in [2.75, 3.05) is 6.61 Å². The highest BCUT2D eigenvalue weighted by Crippen LogP contribution is 2.37. The quantitative estimate of drug-likeness (QED) is 0.363. The van der Waals surface area contributed by atoms with E-state index >= 15 is 0 Å². The number of hydrogen-bond acceptors (Lipinski definition) is 3. The topological polar surface area (TPSA) is 43.4 Å². The summed E-state index contributed by atoms with van der Waals surface area (Å²) in [6, 6.07) is 10.4. The molecule has 0 aromatic heterocycles.